The topological polar surface area (TPSA) is 89.4 Å². The third-order valence-corrected chi connectivity index (χ3v) is 4.99. The summed E-state index contributed by atoms with van der Waals surface area (Å²) in [5.74, 6) is -0.958. The second-order valence-electron chi connectivity index (χ2n) is 6.87. The smallest absolute Gasteiger partial charge is 0.341 e. The molecule has 0 bridgehead atoms. The van der Waals surface area contributed by atoms with E-state index in [1.807, 2.05) is 4.90 Å². The molecule has 11 heteroatoms. The average molecular weight is 442 g/mol. The molecule has 1 unspecified atom stereocenters. The van der Waals surface area contributed by atoms with Crippen LogP contribution in [0.25, 0.3) is 0 Å². The number of hydrogen-bond acceptors (Lipinski definition) is 6. The van der Waals surface area contributed by atoms with Crippen LogP contribution >= 0.6 is 11.6 Å². The first kappa shape index (κ1) is 22.1. The normalized spacial score (nSPS) is 17.2. The molecule has 1 amide bonds. The Balaban J connectivity index is 1.66. The lowest BCUT2D eigenvalue weighted by atomic mass is 9.97. The third-order valence-electron chi connectivity index (χ3n) is 4.77. The Labute approximate surface area is 177 Å². The highest BCUT2D eigenvalue weighted by Crippen LogP contribution is 2.25. The highest BCUT2D eigenvalue weighted by molar-refractivity contribution is 6.30. The monoisotopic (exact) mass is 441 g/mol. The number of aromatic nitrogens is 3. The van der Waals surface area contributed by atoms with E-state index in [1.54, 1.807) is 19.1 Å². The number of amides is 1. The van der Waals surface area contributed by atoms with E-state index in [0.717, 1.165) is 17.3 Å². The van der Waals surface area contributed by atoms with Gasteiger partial charge in [0.1, 0.15) is 17.1 Å². The molecule has 3 rings (SSSR count). The highest BCUT2D eigenvalue weighted by Gasteiger charge is 2.29. The number of nitrogens with zero attached hydrogens (tertiary/aromatic N) is 4. The number of pyridine rings is 1. The second-order valence-corrected chi connectivity index (χ2v) is 7.31. The molecule has 8 nitrogen and oxygen atoms in total. The maximum Gasteiger partial charge on any atom is 0.341 e. The zero-order chi connectivity index (χ0) is 21.7. The van der Waals surface area contributed by atoms with Gasteiger partial charge in [-0.25, -0.2) is 23.2 Å². The van der Waals surface area contributed by atoms with Gasteiger partial charge in [0.05, 0.1) is 30.4 Å². The number of ether oxygens (including phenoxy) is 1. The number of likely N-dealkylation sites (tertiary alicyclic amines) is 1. The summed E-state index contributed by atoms with van der Waals surface area (Å²) in [5.41, 5.74) is -0.725. The maximum atomic E-state index is 13.6. The van der Waals surface area contributed by atoms with E-state index in [1.165, 1.54) is 6.20 Å². The van der Waals surface area contributed by atoms with Crippen LogP contribution in [0.5, 0.6) is 0 Å². The average Bonchev–Trinajstić information content (AvgIpc) is 3.14. The summed E-state index contributed by atoms with van der Waals surface area (Å²) in [6, 6.07) is 3.23. The quantitative estimate of drug-likeness (QED) is 0.663. The number of halogens is 3. The number of carbonyl (C=O) groups excluding carboxylic acids is 2. The summed E-state index contributed by atoms with van der Waals surface area (Å²) < 4.78 is 33.1. The van der Waals surface area contributed by atoms with Crippen molar-refractivity contribution in [2.45, 2.75) is 32.9 Å². The molecule has 3 heterocycles. The standard InChI is InChI=1S/C19H22ClF2N5O3/c1-2-30-19(29)14-9-24-27(16(14)17(21)22)11-26-7-3-4-12(10-26)18(28)25-15-6-5-13(20)8-23-15/h5-6,8-9,12,17H,2-4,7,10-11H2,1H3,(H,23,25,28). The van der Waals surface area contributed by atoms with Crippen LogP contribution in [-0.4, -0.2) is 51.2 Å². The van der Waals surface area contributed by atoms with Crippen molar-refractivity contribution >= 4 is 29.3 Å². The van der Waals surface area contributed by atoms with E-state index < -0.39 is 18.1 Å². The fourth-order valence-corrected chi connectivity index (χ4v) is 3.48. The Morgan fingerprint density at radius 1 is 1.37 bits per heavy atom. The third kappa shape index (κ3) is 5.31. The first-order valence-electron chi connectivity index (χ1n) is 9.54. The fraction of sp³-hybridized carbons (Fsp3) is 0.474. The molecule has 1 fully saturated rings. The van der Waals surface area contributed by atoms with Gasteiger partial charge in [-0.1, -0.05) is 11.6 Å². The van der Waals surface area contributed by atoms with Gasteiger partial charge in [-0.15, -0.1) is 0 Å². The summed E-state index contributed by atoms with van der Waals surface area (Å²) in [6.45, 7) is 2.72. The van der Waals surface area contributed by atoms with Gasteiger partial charge in [0.2, 0.25) is 5.91 Å². The van der Waals surface area contributed by atoms with Crippen LogP contribution in [0.4, 0.5) is 14.6 Å². The molecule has 1 saturated heterocycles. The van der Waals surface area contributed by atoms with Gasteiger partial charge >= 0.3 is 5.97 Å². The van der Waals surface area contributed by atoms with Crippen molar-refractivity contribution in [3.05, 3.63) is 40.8 Å². The zero-order valence-corrected chi connectivity index (χ0v) is 17.1. The van der Waals surface area contributed by atoms with Gasteiger partial charge in [-0.2, -0.15) is 5.10 Å². The molecule has 0 aromatic carbocycles. The summed E-state index contributed by atoms with van der Waals surface area (Å²) in [7, 11) is 0. The van der Waals surface area contributed by atoms with Gasteiger partial charge in [-0.05, 0) is 38.4 Å². The summed E-state index contributed by atoms with van der Waals surface area (Å²) in [4.78, 5) is 30.4. The minimum absolute atomic E-state index is 0.0437. The Kier molecular flexibility index (Phi) is 7.33. The van der Waals surface area contributed by atoms with Crippen LogP contribution in [0.1, 0.15) is 42.2 Å². The molecule has 1 aliphatic heterocycles. The number of alkyl halides is 2. The molecule has 30 heavy (non-hydrogen) atoms. The molecule has 162 valence electrons. The molecule has 1 N–H and O–H groups in total. The minimum Gasteiger partial charge on any atom is -0.462 e. The predicted molar refractivity (Wildman–Crippen MR) is 105 cm³/mol. The Hall–Kier alpha value is -2.59. The highest BCUT2D eigenvalue weighted by atomic mass is 35.5. The van der Waals surface area contributed by atoms with E-state index in [-0.39, 0.29) is 30.7 Å². The van der Waals surface area contributed by atoms with Crippen molar-refractivity contribution in [1.82, 2.24) is 19.7 Å². The van der Waals surface area contributed by atoms with Crippen molar-refractivity contribution in [3.63, 3.8) is 0 Å². The molecular weight excluding hydrogens is 420 g/mol. The summed E-state index contributed by atoms with van der Waals surface area (Å²) in [6.07, 6.45) is 1.05. The van der Waals surface area contributed by atoms with Crippen molar-refractivity contribution in [1.29, 1.82) is 0 Å². The molecule has 0 saturated carbocycles. The number of nitrogens with one attached hydrogen (secondary N) is 1. The van der Waals surface area contributed by atoms with Crippen molar-refractivity contribution < 1.29 is 23.1 Å². The molecule has 2 aromatic heterocycles. The van der Waals surface area contributed by atoms with Gasteiger partial charge < -0.3 is 10.1 Å². The van der Waals surface area contributed by atoms with E-state index in [0.29, 0.717) is 30.4 Å². The van der Waals surface area contributed by atoms with E-state index in [2.05, 4.69) is 15.4 Å². The molecule has 2 aromatic rings. The van der Waals surface area contributed by atoms with Crippen molar-refractivity contribution in [3.8, 4) is 0 Å². The first-order chi connectivity index (χ1) is 14.4. The number of piperidine rings is 1. The van der Waals surface area contributed by atoms with Gasteiger partial charge in [0, 0.05) is 12.7 Å². The maximum absolute atomic E-state index is 13.6. The van der Waals surface area contributed by atoms with Crippen molar-refractivity contribution in [2.75, 3.05) is 25.0 Å². The molecule has 1 aliphatic rings. The van der Waals surface area contributed by atoms with Crippen LogP contribution in [-0.2, 0) is 16.2 Å². The number of hydrogen-bond donors (Lipinski definition) is 1. The van der Waals surface area contributed by atoms with E-state index in [4.69, 9.17) is 16.3 Å². The summed E-state index contributed by atoms with van der Waals surface area (Å²) in [5, 5.41) is 7.16. The van der Waals surface area contributed by atoms with Gasteiger partial charge in [0.15, 0.2) is 0 Å². The lowest BCUT2D eigenvalue weighted by Crippen LogP contribution is -2.41. The number of carbonyl (C=O) groups is 2. The minimum atomic E-state index is -2.88. The van der Waals surface area contributed by atoms with Crippen LogP contribution in [0.2, 0.25) is 5.02 Å². The first-order valence-corrected chi connectivity index (χ1v) is 9.92. The SMILES string of the molecule is CCOC(=O)c1cnn(CN2CCCC(C(=O)Nc3ccc(Cl)cn3)C2)c1C(F)F. The van der Waals surface area contributed by atoms with E-state index >= 15 is 0 Å². The van der Waals surface area contributed by atoms with Crippen LogP contribution in [0.3, 0.4) is 0 Å². The molecule has 0 spiro atoms. The van der Waals surface area contributed by atoms with E-state index in [9.17, 15) is 18.4 Å². The number of rotatable bonds is 7. The van der Waals surface area contributed by atoms with Gasteiger partial charge in [-0.3, -0.25) is 9.69 Å². The van der Waals surface area contributed by atoms with Crippen molar-refractivity contribution in [2.24, 2.45) is 5.92 Å². The predicted octanol–water partition coefficient (Wildman–Crippen LogP) is 3.35. The molecule has 0 aliphatic carbocycles. The largest absolute Gasteiger partial charge is 0.462 e. The lowest BCUT2D eigenvalue weighted by Gasteiger charge is -2.32. The Bertz CT molecular complexity index is 891. The fourth-order valence-electron chi connectivity index (χ4n) is 3.37. The van der Waals surface area contributed by atoms with Gasteiger partial charge in [0.25, 0.3) is 6.43 Å². The number of anilines is 1. The Morgan fingerprint density at radius 3 is 2.83 bits per heavy atom. The molecular formula is C19H22ClF2N5O3. The zero-order valence-electron chi connectivity index (χ0n) is 16.4. The number of esters is 1. The second kappa shape index (κ2) is 9.94. The Morgan fingerprint density at radius 2 is 2.17 bits per heavy atom. The molecule has 0 radical (unpaired) electrons. The van der Waals surface area contributed by atoms with Crippen LogP contribution in [0.15, 0.2) is 24.5 Å². The molecule has 1 atom stereocenters. The lowest BCUT2D eigenvalue weighted by molar-refractivity contribution is -0.121. The van der Waals surface area contributed by atoms with Crippen LogP contribution in [0, 0.1) is 5.92 Å². The van der Waals surface area contributed by atoms with Crippen LogP contribution < -0.4 is 5.32 Å². The summed E-state index contributed by atoms with van der Waals surface area (Å²) >= 11 is 5.79.